The molecule has 0 spiro atoms. The van der Waals surface area contributed by atoms with E-state index in [0.29, 0.717) is 0 Å². The summed E-state index contributed by atoms with van der Waals surface area (Å²) < 4.78 is 4.27. The Bertz CT molecular complexity index is 641. The Kier molecular flexibility index (Phi) is 2.95. The van der Waals surface area contributed by atoms with Crippen molar-refractivity contribution in [2.24, 2.45) is 17.8 Å². The second kappa shape index (κ2) is 4.81. The molecule has 4 nitrogen and oxygen atoms in total. The summed E-state index contributed by atoms with van der Waals surface area (Å²) in [4.78, 5) is 16.6. The van der Waals surface area contributed by atoms with E-state index >= 15 is 0 Å². The van der Waals surface area contributed by atoms with Gasteiger partial charge in [-0.25, -0.2) is 4.98 Å². The number of aromatic nitrogens is 2. The molecule has 0 aromatic carbocycles. The van der Waals surface area contributed by atoms with Gasteiger partial charge in [-0.15, -0.1) is 0 Å². The van der Waals surface area contributed by atoms with Crippen molar-refractivity contribution in [1.82, 2.24) is 9.36 Å². The largest absolute Gasteiger partial charge is 0.316 e. The third-order valence-electron chi connectivity index (χ3n) is 4.70. The predicted molar refractivity (Wildman–Crippen MR) is 79.6 cm³/mol. The van der Waals surface area contributed by atoms with E-state index in [4.69, 9.17) is 0 Å². The van der Waals surface area contributed by atoms with Crippen LogP contribution in [0.25, 0.3) is 11.0 Å². The van der Waals surface area contributed by atoms with Gasteiger partial charge in [-0.3, -0.25) is 4.79 Å². The van der Waals surface area contributed by atoms with Crippen LogP contribution >= 0.6 is 11.5 Å². The molecule has 0 radical (unpaired) electrons. The van der Waals surface area contributed by atoms with Gasteiger partial charge in [-0.05, 0) is 67.6 Å². The molecule has 104 valence electrons. The second-order valence-corrected chi connectivity index (χ2v) is 6.76. The molecule has 20 heavy (non-hydrogen) atoms. The van der Waals surface area contributed by atoms with Crippen LogP contribution in [-0.4, -0.2) is 15.3 Å². The molecule has 2 saturated carbocycles. The summed E-state index contributed by atoms with van der Waals surface area (Å²) in [7, 11) is 0. The van der Waals surface area contributed by atoms with Gasteiger partial charge in [0.2, 0.25) is 5.91 Å². The van der Waals surface area contributed by atoms with Gasteiger partial charge in [0, 0.05) is 12.1 Å². The number of anilines is 1. The monoisotopic (exact) mass is 287 g/mol. The van der Waals surface area contributed by atoms with Crippen molar-refractivity contribution < 1.29 is 4.79 Å². The standard InChI is InChI=1S/C15H17N3OS/c19-14(9-3-5-10-8-11(10)6-4-9)17-15-12-2-1-7-16-13(12)18-20-15/h1-2,7,9-11H,3-6,8H2,(H,17,19). The van der Waals surface area contributed by atoms with E-state index in [2.05, 4.69) is 14.7 Å². The first-order valence-corrected chi connectivity index (χ1v) is 8.10. The van der Waals surface area contributed by atoms with Crippen molar-refractivity contribution in [3.63, 3.8) is 0 Å². The van der Waals surface area contributed by atoms with E-state index < -0.39 is 0 Å². The summed E-state index contributed by atoms with van der Waals surface area (Å²) in [5, 5.41) is 4.86. The van der Waals surface area contributed by atoms with Crippen LogP contribution in [0.15, 0.2) is 18.3 Å². The van der Waals surface area contributed by atoms with E-state index in [1.165, 1.54) is 30.8 Å². The summed E-state index contributed by atoms with van der Waals surface area (Å²) >= 11 is 1.33. The van der Waals surface area contributed by atoms with Gasteiger partial charge in [0.25, 0.3) is 0 Å². The second-order valence-electron chi connectivity index (χ2n) is 5.98. The van der Waals surface area contributed by atoms with Crippen molar-refractivity contribution in [3.8, 4) is 0 Å². The zero-order chi connectivity index (χ0) is 13.5. The lowest BCUT2D eigenvalue weighted by molar-refractivity contribution is -0.120. The van der Waals surface area contributed by atoms with Gasteiger partial charge in [0.15, 0.2) is 5.65 Å². The maximum atomic E-state index is 12.4. The van der Waals surface area contributed by atoms with Crippen LogP contribution < -0.4 is 5.32 Å². The molecule has 2 unspecified atom stereocenters. The molecule has 5 heteroatoms. The van der Waals surface area contributed by atoms with Crippen LogP contribution in [0.1, 0.15) is 32.1 Å². The van der Waals surface area contributed by atoms with Gasteiger partial charge in [0.1, 0.15) is 5.00 Å². The van der Waals surface area contributed by atoms with Crippen molar-refractivity contribution in [3.05, 3.63) is 18.3 Å². The fourth-order valence-corrected chi connectivity index (χ4v) is 4.07. The summed E-state index contributed by atoms with van der Waals surface area (Å²) in [6, 6.07) is 3.84. The molecule has 2 aliphatic carbocycles. The SMILES string of the molecule is O=C(Nc1snc2ncccc12)C1CCC2CC2CC1. The predicted octanol–water partition coefficient (Wildman–Crippen LogP) is 3.46. The Balaban J connectivity index is 1.49. The van der Waals surface area contributed by atoms with Gasteiger partial charge in [0.05, 0.1) is 5.39 Å². The number of pyridine rings is 1. The average molecular weight is 287 g/mol. The van der Waals surface area contributed by atoms with Gasteiger partial charge < -0.3 is 5.32 Å². The van der Waals surface area contributed by atoms with Crippen LogP contribution in [0.5, 0.6) is 0 Å². The van der Waals surface area contributed by atoms with E-state index in [0.717, 1.165) is 40.7 Å². The van der Waals surface area contributed by atoms with Crippen molar-refractivity contribution in [2.45, 2.75) is 32.1 Å². The normalized spacial score (nSPS) is 28.7. The molecule has 2 aliphatic rings. The third kappa shape index (κ3) is 2.20. The number of fused-ring (bicyclic) bond motifs is 2. The van der Waals surface area contributed by atoms with Crippen molar-refractivity contribution in [1.29, 1.82) is 0 Å². The lowest BCUT2D eigenvalue weighted by Crippen LogP contribution is -2.22. The maximum Gasteiger partial charge on any atom is 0.228 e. The smallest absolute Gasteiger partial charge is 0.228 e. The molecule has 1 N–H and O–H groups in total. The quantitative estimate of drug-likeness (QED) is 0.920. The van der Waals surface area contributed by atoms with E-state index in [9.17, 15) is 4.79 Å². The van der Waals surface area contributed by atoms with E-state index in [1.54, 1.807) is 6.20 Å². The minimum Gasteiger partial charge on any atom is -0.316 e. The molecule has 1 amide bonds. The Morgan fingerprint density at radius 3 is 2.85 bits per heavy atom. The van der Waals surface area contributed by atoms with Crippen LogP contribution in [0.3, 0.4) is 0 Å². The van der Waals surface area contributed by atoms with Gasteiger partial charge in [-0.2, -0.15) is 4.37 Å². The molecule has 0 saturated heterocycles. The summed E-state index contributed by atoms with van der Waals surface area (Å²) in [6.45, 7) is 0. The Morgan fingerprint density at radius 2 is 2.05 bits per heavy atom. The summed E-state index contributed by atoms with van der Waals surface area (Å²) in [6.07, 6.45) is 7.68. The van der Waals surface area contributed by atoms with E-state index in [-0.39, 0.29) is 11.8 Å². The van der Waals surface area contributed by atoms with E-state index in [1.807, 2.05) is 12.1 Å². The number of carbonyl (C=O) groups excluding carboxylic acids is 1. The van der Waals surface area contributed by atoms with Crippen molar-refractivity contribution in [2.75, 3.05) is 5.32 Å². The fourth-order valence-electron chi connectivity index (χ4n) is 3.34. The number of nitrogens with one attached hydrogen (secondary N) is 1. The molecular weight excluding hydrogens is 270 g/mol. The van der Waals surface area contributed by atoms with Crippen LogP contribution in [0, 0.1) is 17.8 Å². The molecule has 2 atom stereocenters. The molecule has 2 aromatic heterocycles. The fraction of sp³-hybridized carbons (Fsp3) is 0.533. The molecule has 0 aliphatic heterocycles. The van der Waals surface area contributed by atoms with Gasteiger partial charge >= 0.3 is 0 Å². The highest BCUT2D eigenvalue weighted by molar-refractivity contribution is 7.12. The maximum absolute atomic E-state index is 12.4. The van der Waals surface area contributed by atoms with Crippen LogP contribution in [-0.2, 0) is 4.79 Å². The Morgan fingerprint density at radius 1 is 1.25 bits per heavy atom. The Labute approximate surface area is 121 Å². The lowest BCUT2D eigenvalue weighted by Gasteiger charge is -2.14. The Hall–Kier alpha value is -1.49. The molecule has 2 aromatic rings. The number of rotatable bonds is 2. The topological polar surface area (TPSA) is 54.9 Å². The highest BCUT2D eigenvalue weighted by Gasteiger charge is 2.40. The number of hydrogen-bond donors (Lipinski definition) is 1. The van der Waals surface area contributed by atoms with Crippen LogP contribution in [0.4, 0.5) is 5.00 Å². The molecule has 2 heterocycles. The number of nitrogens with zero attached hydrogens (tertiary/aromatic N) is 2. The van der Waals surface area contributed by atoms with Gasteiger partial charge in [-0.1, -0.05) is 0 Å². The summed E-state index contributed by atoms with van der Waals surface area (Å²) in [5.74, 6) is 2.18. The number of amides is 1. The zero-order valence-electron chi connectivity index (χ0n) is 11.2. The molecule has 0 bridgehead atoms. The summed E-state index contributed by atoms with van der Waals surface area (Å²) in [5.41, 5.74) is 0.718. The third-order valence-corrected chi connectivity index (χ3v) is 5.47. The minimum absolute atomic E-state index is 0.167. The molecule has 2 fully saturated rings. The number of hydrogen-bond acceptors (Lipinski definition) is 4. The van der Waals surface area contributed by atoms with Crippen LogP contribution in [0.2, 0.25) is 0 Å². The number of carbonyl (C=O) groups is 1. The highest BCUT2D eigenvalue weighted by atomic mass is 32.1. The zero-order valence-corrected chi connectivity index (χ0v) is 12.0. The molecular formula is C15H17N3OS. The lowest BCUT2D eigenvalue weighted by atomic mass is 9.97. The molecule has 4 rings (SSSR count). The minimum atomic E-state index is 0.167. The first-order chi connectivity index (χ1) is 9.81. The van der Waals surface area contributed by atoms with Crippen molar-refractivity contribution >= 4 is 33.5 Å². The average Bonchev–Trinajstić information content (AvgIpc) is 3.13. The highest BCUT2D eigenvalue weighted by Crippen LogP contribution is 2.49. The first kappa shape index (κ1) is 12.3. The first-order valence-electron chi connectivity index (χ1n) is 7.32.